The summed E-state index contributed by atoms with van der Waals surface area (Å²) in [5.41, 5.74) is 1.44. The lowest BCUT2D eigenvalue weighted by atomic mass is 10.1. The molecule has 3 rings (SSSR count). The molecule has 0 unspecified atom stereocenters. The minimum absolute atomic E-state index is 0.0697. The van der Waals surface area contributed by atoms with E-state index in [0.29, 0.717) is 22.8 Å². The van der Waals surface area contributed by atoms with Gasteiger partial charge in [0.15, 0.2) is 9.84 Å². The van der Waals surface area contributed by atoms with Gasteiger partial charge in [0.25, 0.3) is 0 Å². The molecule has 0 saturated heterocycles. The Morgan fingerprint density at radius 1 is 1.08 bits per heavy atom. The fraction of sp³-hybridized carbons (Fsp3) is 0.167. The molecule has 0 bridgehead atoms. The van der Waals surface area contributed by atoms with Crippen LogP contribution >= 0.6 is 11.3 Å². The highest BCUT2D eigenvalue weighted by atomic mass is 32.2. The van der Waals surface area contributed by atoms with Gasteiger partial charge in [-0.1, -0.05) is 24.3 Å². The number of hydrogen-bond acceptors (Lipinski definition) is 5. The van der Waals surface area contributed by atoms with Gasteiger partial charge in [-0.05, 0) is 23.8 Å². The number of halogens is 2. The van der Waals surface area contributed by atoms with Crippen LogP contribution in [0, 0.1) is 11.6 Å². The second-order valence-corrected chi connectivity index (χ2v) is 8.89. The molecule has 0 aliphatic rings. The van der Waals surface area contributed by atoms with Crippen LogP contribution in [-0.2, 0) is 22.1 Å². The highest BCUT2D eigenvalue weighted by Gasteiger charge is 2.15. The fourth-order valence-electron chi connectivity index (χ4n) is 2.52. The molecule has 0 aliphatic heterocycles. The first-order chi connectivity index (χ1) is 12.3. The first-order valence-corrected chi connectivity index (χ1v) is 10.7. The molecule has 0 aliphatic carbocycles. The van der Waals surface area contributed by atoms with Crippen LogP contribution in [-0.4, -0.2) is 19.7 Å². The molecule has 0 radical (unpaired) electrons. The third kappa shape index (κ3) is 4.44. The molecule has 0 saturated carbocycles. The summed E-state index contributed by atoms with van der Waals surface area (Å²) in [5.74, 6) is -1.39. The number of para-hydroxylation sites is 1. The average molecular weight is 394 g/mol. The molecule has 1 heterocycles. The number of hydrogen-bond donors (Lipinski definition) is 1. The molecule has 0 fully saturated rings. The summed E-state index contributed by atoms with van der Waals surface area (Å²) in [4.78, 5) is 4.28. The summed E-state index contributed by atoms with van der Waals surface area (Å²) in [6.45, 7) is 0.321. The average Bonchev–Trinajstić information content (AvgIpc) is 3.01. The van der Waals surface area contributed by atoms with Gasteiger partial charge in [0.2, 0.25) is 0 Å². The van der Waals surface area contributed by atoms with Crippen LogP contribution in [0.3, 0.4) is 0 Å². The summed E-state index contributed by atoms with van der Waals surface area (Å²) >= 11 is 1.27. The van der Waals surface area contributed by atoms with Crippen molar-refractivity contribution in [3.05, 3.63) is 70.1 Å². The van der Waals surface area contributed by atoms with Crippen LogP contribution in [0.1, 0.15) is 10.6 Å². The number of thiazole rings is 1. The van der Waals surface area contributed by atoms with E-state index in [2.05, 4.69) is 10.3 Å². The molecule has 3 aromatic rings. The second kappa shape index (κ2) is 7.51. The molecule has 2 aromatic carbocycles. The molecule has 26 heavy (non-hydrogen) atoms. The predicted octanol–water partition coefficient (Wildman–Crippen LogP) is 4.25. The third-order valence-electron chi connectivity index (χ3n) is 3.64. The summed E-state index contributed by atoms with van der Waals surface area (Å²) in [6.07, 6.45) is 1.18. The Hall–Kier alpha value is -2.32. The predicted molar refractivity (Wildman–Crippen MR) is 99.8 cm³/mol. The molecule has 136 valence electrons. The number of sulfone groups is 1. The minimum Gasteiger partial charge on any atom is -0.378 e. The van der Waals surface area contributed by atoms with Crippen LogP contribution in [0.4, 0.5) is 14.5 Å². The van der Waals surface area contributed by atoms with Gasteiger partial charge >= 0.3 is 0 Å². The van der Waals surface area contributed by atoms with Crippen molar-refractivity contribution in [2.75, 3.05) is 11.6 Å². The zero-order chi connectivity index (χ0) is 18.7. The van der Waals surface area contributed by atoms with E-state index < -0.39 is 21.5 Å². The minimum atomic E-state index is -3.16. The van der Waals surface area contributed by atoms with Gasteiger partial charge in [-0.2, -0.15) is 0 Å². The molecular weight excluding hydrogens is 378 g/mol. The lowest BCUT2D eigenvalue weighted by Gasteiger charge is -2.10. The maximum absolute atomic E-state index is 13.9. The molecule has 4 nitrogen and oxygen atoms in total. The lowest BCUT2D eigenvalue weighted by molar-refractivity contribution is 0.588. The first-order valence-electron chi connectivity index (χ1n) is 7.72. The Morgan fingerprint density at radius 3 is 2.46 bits per heavy atom. The van der Waals surface area contributed by atoms with Crippen molar-refractivity contribution in [1.29, 1.82) is 0 Å². The Bertz CT molecular complexity index is 1010. The quantitative estimate of drug-likeness (QED) is 0.679. The van der Waals surface area contributed by atoms with E-state index in [1.165, 1.54) is 35.8 Å². The molecule has 1 aromatic heterocycles. The Balaban J connectivity index is 1.78. The molecule has 0 spiro atoms. The van der Waals surface area contributed by atoms with Crippen molar-refractivity contribution in [3.8, 4) is 11.3 Å². The Kier molecular flexibility index (Phi) is 5.33. The van der Waals surface area contributed by atoms with Gasteiger partial charge in [-0.25, -0.2) is 22.2 Å². The summed E-state index contributed by atoms with van der Waals surface area (Å²) < 4.78 is 50.8. The van der Waals surface area contributed by atoms with Gasteiger partial charge in [0, 0.05) is 17.3 Å². The van der Waals surface area contributed by atoms with Crippen LogP contribution in [0.15, 0.2) is 47.8 Å². The summed E-state index contributed by atoms with van der Waals surface area (Å²) in [7, 11) is -3.16. The number of benzene rings is 2. The third-order valence-corrected chi connectivity index (χ3v) is 5.32. The van der Waals surface area contributed by atoms with E-state index in [0.717, 1.165) is 0 Å². The van der Waals surface area contributed by atoms with E-state index in [1.54, 1.807) is 29.6 Å². The molecule has 0 amide bonds. The van der Waals surface area contributed by atoms with Gasteiger partial charge < -0.3 is 5.32 Å². The lowest BCUT2D eigenvalue weighted by Crippen LogP contribution is -2.06. The van der Waals surface area contributed by atoms with E-state index in [-0.39, 0.29) is 17.0 Å². The van der Waals surface area contributed by atoms with E-state index in [9.17, 15) is 17.2 Å². The maximum atomic E-state index is 13.9. The zero-order valence-electron chi connectivity index (χ0n) is 13.9. The number of rotatable bonds is 6. The summed E-state index contributed by atoms with van der Waals surface area (Å²) in [5, 5.41) is 5.38. The molecular formula is C18H16F2N2O2S2. The highest BCUT2D eigenvalue weighted by Crippen LogP contribution is 2.28. The van der Waals surface area contributed by atoms with Crippen LogP contribution in [0.5, 0.6) is 0 Å². The molecule has 0 atom stereocenters. The van der Waals surface area contributed by atoms with Gasteiger partial charge in [-0.15, -0.1) is 11.3 Å². The first kappa shape index (κ1) is 18.5. The van der Waals surface area contributed by atoms with Crippen molar-refractivity contribution >= 4 is 26.9 Å². The van der Waals surface area contributed by atoms with Crippen LogP contribution in [0.25, 0.3) is 11.3 Å². The van der Waals surface area contributed by atoms with Gasteiger partial charge in [0.1, 0.15) is 16.6 Å². The summed E-state index contributed by atoms with van der Waals surface area (Å²) in [6, 6.07) is 10.8. The number of nitrogens with one attached hydrogen (secondary N) is 1. The van der Waals surface area contributed by atoms with Crippen LogP contribution in [0.2, 0.25) is 0 Å². The SMILES string of the molecule is CS(=O)(=O)Cc1ccccc1NCc1nc(-c2c(F)cccc2F)cs1. The van der Waals surface area contributed by atoms with Crippen molar-refractivity contribution in [2.45, 2.75) is 12.3 Å². The fourth-order valence-corrected chi connectivity index (χ4v) is 4.06. The molecule has 8 heteroatoms. The van der Waals surface area contributed by atoms with E-state index in [4.69, 9.17) is 0 Å². The van der Waals surface area contributed by atoms with Crippen molar-refractivity contribution in [3.63, 3.8) is 0 Å². The van der Waals surface area contributed by atoms with E-state index in [1.807, 2.05) is 0 Å². The largest absolute Gasteiger partial charge is 0.378 e. The standard InChI is InChI=1S/C18H16F2N2O2S2/c1-26(23,24)11-12-5-2-3-8-15(12)21-9-17-22-16(10-25-17)18-13(19)6-4-7-14(18)20/h2-8,10,21H,9,11H2,1H3. The van der Waals surface area contributed by atoms with E-state index >= 15 is 0 Å². The normalized spacial score (nSPS) is 11.5. The topological polar surface area (TPSA) is 59.1 Å². The van der Waals surface area contributed by atoms with Crippen molar-refractivity contribution in [1.82, 2.24) is 4.98 Å². The van der Waals surface area contributed by atoms with Crippen molar-refractivity contribution in [2.24, 2.45) is 0 Å². The number of nitrogens with zero attached hydrogens (tertiary/aromatic N) is 1. The Labute approximate surface area is 154 Å². The van der Waals surface area contributed by atoms with Gasteiger partial charge in [-0.3, -0.25) is 0 Å². The van der Waals surface area contributed by atoms with Crippen molar-refractivity contribution < 1.29 is 17.2 Å². The second-order valence-electron chi connectivity index (χ2n) is 5.80. The van der Waals surface area contributed by atoms with Gasteiger partial charge in [0.05, 0.1) is 23.6 Å². The smallest absolute Gasteiger partial charge is 0.151 e. The number of aromatic nitrogens is 1. The molecule has 1 N–H and O–H groups in total. The number of anilines is 1. The monoisotopic (exact) mass is 394 g/mol. The maximum Gasteiger partial charge on any atom is 0.151 e. The van der Waals surface area contributed by atoms with Crippen LogP contribution < -0.4 is 5.32 Å². The Morgan fingerprint density at radius 2 is 1.77 bits per heavy atom. The zero-order valence-corrected chi connectivity index (χ0v) is 15.5. The highest BCUT2D eigenvalue weighted by molar-refractivity contribution is 7.89.